The van der Waals surface area contributed by atoms with Crippen LogP contribution in [0, 0.1) is 19.8 Å². The summed E-state index contributed by atoms with van der Waals surface area (Å²) in [6, 6.07) is 8.05. The third-order valence-corrected chi connectivity index (χ3v) is 4.31. The van der Waals surface area contributed by atoms with E-state index in [1.807, 2.05) is 0 Å². The van der Waals surface area contributed by atoms with E-state index in [1.165, 1.54) is 29.7 Å². The van der Waals surface area contributed by atoms with Crippen LogP contribution in [0.4, 0.5) is 0 Å². The Morgan fingerprint density at radius 3 is 2.68 bits per heavy atom. The van der Waals surface area contributed by atoms with E-state index in [1.54, 1.807) is 0 Å². The van der Waals surface area contributed by atoms with Crippen LogP contribution in [0.5, 0.6) is 0 Å². The summed E-state index contributed by atoms with van der Waals surface area (Å²) in [4.78, 5) is 2.52. The van der Waals surface area contributed by atoms with Gasteiger partial charge in [-0.25, -0.2) is 0 Å². The van der Waals surface area contributed by atoms with Gasteiger partial charge in [-0.3, -0.25) is 4.90 Å². The first-order valence-electron chi connectivity index (χ1n) is 7.50. The van der Waals surface area contributed by atoms with Gasteiger partial charge < -0.3 is 5.32 Å². The van der Waals surface area contributed by atoms with Gasteiger partial charge in [0.15, 0.2) is 0 Å². The summed E-state index contributed by atoms with van der Waals surface area (Å²) in [6.45, 7) is 11.2. The molecular formula is C17H28N2. The van der Waals surface area contributed by atoms with E-state index in [4.69, 9.17) is 0 Å². The highest BCUT2D eigenvalue weighted by atomic mass is 15.2. The van der Waals surface area contributed by atoms with Crippen molar-refractivity contribution >= 4 is 0 Å². The first-order valence-corrected chi connectivity index (χ1v) is 7.50. The molecule has 1 saturated heterocycles. The Balaban J connectivity index is 2.18. The maximum atomic E-state index is 3.61. The molecule has 0 saturated carbocycles. The minimum atomic E-state index is 0.575. The van der Waals surface area contributed by atoms with Crippen molar-refractivity contribution in [3.8, 4) is 0 Å². The van der Waals surface area contributed by atoms with Crippen molar-refractivity contribution in [1.29, 1.82) is 0 Å². The highest BCUT2D eigenvalue weighted by Gasteiger charge is 2.33. The first-order chi connectivity index (χ1) is 8.99. The fourth-order valence-electron chi connectivity index (χ4n) is 3.28. The van der Waals surface area contributed by atoms with Crippen LogP contribution in [0.3, 0.4) is 0 Å². The van der Waals surface area contributed by atoms with Gasteiger partial charge in [0.2, 0.25) is 0 Å². The summed E-state index contributed by atoms with van der Waals surface area (Å²) < 4.78 is 0. The first kappa shape index (κ1) is 14.5. The Labute approximate surface area is 118 Å². The van der Waals surface area contributed by atoms with Crippen LogP contribution in [0.1, 0.15) is 43.0 Å². The van der Waals surface area contributed by atoms with E-state index in [9.17, 15) is 0 Å². The molecule has 1 fully saturated rings. The van der Waals surface area contributed by atoms with E-state index in [0.717, 1.165) is 12.5 Å². The molecule has 1 heterocycles. The molecule has 2 nitrogen and oxygen atoms in total. The third kappa shape index (κ3) is 3.37. The topological polar surface area (TPSA) is 15.3 Å². The second-order valence-corrected chi connectivity index (χ2v) is 6.40. The lowest BCUT2D eigenvalue weighted by molar-refractivity contribution is 0.268. The quantitative estimate of drug-likeness (QED) is 0.893. The number of aryl methyl sites for hydroxylation is 2. The number of rotatable bonds is 4. The molecule has 0 aromatic heterocycles. The Hall–Kier alpha value is -0.860. The molecule has 1 aliphatic rings. The van der Waals surface area contributed by atoms with Gasteiger partial charge in [0.25, 0.3) is 0 Å². The molecule has 0 amide bonds. The smallest absolute Gasteiger partial charge is 0.0388 e. The summed E-state index contributed by atoms with van der Waals surface area (Å²) in [5.41, 5.74) is 4.31. The Morgan fingerprint density at radius 1 is 1.32 bits per heavy atom. The zero-order valence-corrected chi connectivity index (χ0v) is 13.0. The Kier molecular flexibility index (Phi) is 4.64. The molecule has 1 aromatic carbocycles. The minimum absolute atomic E-state index is 0.575. The van der Waals surface area contributed by atoms with E-state index >= 15 is 0 Å². The number of benzene rings is 1. The standard InChI is InChI=1S/C17H28N2/c1-12(2)18-11-15-8-9-19(5)17(15)16-7-6-13(3)10-14(16)4/h6-7,10,12,15,17-18H,8-9,11H2,1-5H3. The minimum Gasteiger partial charge on any atom is -0.314 e. The molecule has 2 heteroatoms. The van der Waals surface area contributed by atoms with E-state index in [-0.39, 0.29) is 0 Å². The molecule has 1 aliphatic heterocycles. The van der Waals surface area contributed by atoms with Gasteiger partial charge in [-0.15, -0.1) is 0 Å². The molecule has 19 heavy (non-hydrogen) atoms. The van der Waals surface area contributed by atoms with Crippen LogP contribution < -0.4 is 5.32 Å². The lowest BCUT2D eigenvalue weighted by Gasteiger charge is -2.28. The van der Waals surface area contributed by atoms with Crippen molar-refractivity contribution < 1.29 is 0 Å². The average molecular weight is 260 g/mol. The number of nitrogens with zero attached hydrogens (tertiary/aromatic N) is 1. The molecule has 2 unspecified atom stereocenters. The fourth-order valence-corrected chi connectivity index (χ4v) is 3.28. The third-order valence-electron chi connectivity index (χ3n) is 4.31. The number of hydrogen-bond donors (Lipinski definition) is 1. The van der Waals surface area contributed by atoms with Gasteiger partial charge in [-0.05, 0) is 50.9 Å². The van der Waals surface area contributed by atoms with E-state index in [0.29, 0.717) is 12.1 Å². The normalized spacial score (nSPS) is 24.3. The van der Waals surface area contributed by atoms with Crippen LogP contribution in [0.15, 0.2) is 18.2 Å². The van der Waals surface area contributed by atoms with Crippen LogP contribution in [-0.4, -0.2) is 31.1 Å². The monoisotopic (exact) mass is 260 g/mol. The predicted molar refractivity (Wildman–Crippen MR) is 82.5 cm³/mol. The molecular weight excluding hydrogens is 232 g/mol. The molecule has 106 valence electrons. The van der Waals surface area contributed by atoms with Gasteiger partial charge in [-0.2, -0.15) is 0 Å². The summed E-state index contributed by atoms with van der Waals surface area (Å²) in [5, 5.41) is 3.61. The lowest BCUT2D eigenvalue weighted by Crippen LogP contribution is -2.32. The van der Waals surface area contributed by atoms with Crippen LogP contribution in [0.25, 0.3) is 0 Å². The predicted octanol–water partition coefficient (Wildman–Crippen LogP) is 3.29. The van der Waals surface area contributed by atoms with Crippen LogP contribution >= 0.6 is 0 Å². The maximum absolute atomic E-state index is 3.61. The van der Waals surface area contributed by atoms with Crippen LogP contribution in [0.2, 0.25) is 0 Å². The molecule has 0 aliphatic carbocycles. The molecule has 0 radical (unpaired) electrons. The average Bonchev–Trinajstić information content (AvgIpc) is 2.68. The molecule has 2 atom stereocenters. The summed E-state index contributed by atoms with van der Waals surface area (Å²) in [5.74, 6) is 0.730. The van der Waals surface area contributed by atoms with Gasteiger partial charge in [0.1, 0.15) is 0 Å². The Bertz CT molecular complexity index is 425. The lowest BCUT2D eigenvalue weighted by atomic mass is 9.90. The SMILES string of the molecule is Cc1ccc(C2C(CNC(C)C)CCN2C)c(C)c1. The number of hydrogen-bond acceptors (Lipinski definition) is 2. The summed E-state index contributed by atoms with van der Waals surface area (Å²) in [6.07, 6.45) is 1.30. The molecule has 0 spiro atoms. The number of likely N-dealkylation sites (tertiary alicyclic amines) is 1. The van der Waals surface area contributed by atoms with Crippen molar-refractivity contribution in [3.63, 3.8) is 0 Å². The molecule has 0 bridgehead atoms. The summed E-state index contributed by atoms with van der Waals surface area (Å²) in [7, 11) is 2.26. The second kappa shape index (κ2) is 6.06. The molecule has 1 N–H and O–H groups in total. The zero-order chi connectivity index (χ0) is 14.0. The van der Waals surface area contributed by atoms with E-state index in [2.05, 4.69) is 63.2 Å². The molecule has 1 aromatic rings. The Morgan fingerprint density at radius 2 is 2.05 bits per heavy atom. The van der Waals surface area contributed by atoms with Gasteiger partial charge in [0, 0.05) is 18.6 Å². The van der Waals surface area contributed by atoms with Crippen molar-refractivity contribution in [2.24, 2.45) is 5.92 Å². The van der Waals surface area contributed by atoms with Crippen molar-refractivity contribution in [3.05, 3.63) is 34.9 Å². The summed E-state index contributed by atoms with van der Waals surface area (Å²) >= 11 is 0. The second-order valence-electron chi connectivity index (χ2n) is 6.40. The van der Waals surface area contributed by atoms with Gasteiger partial charge in [0.05, 0.1) is 0 Å². The van der Waals surface area contributed by atoms with Gasteiger partial charge >= 0.3 is 0 Å². The highest BCUT2D eigenvalue weighted by Crippen LogP contribution is 2.37. The van der Waals surface area contributed by atoms with E-state index < -0.39 is 0 Å². The van der Waals surface area contributed by atoms with Crippen molar-refractivity contribution in [2.75, 3.05) is 20.1 Å². The maximum Gasteiger partial charge on any atom is 0.0388 e. The fraction of sp³-hybridized carbons (Fsp3) is 0.647. The molecule has 2 rings (SSSR count). The van der Waals surface area contributed by atoms with Crippen molar-refractivity contribution in [2.45, 2.75) is 46.2 Å². The van der Waals surface area contributed by atoms with Crippen LogP contribution in [-0.2, 0) is 0 Å². The zero-order valence-electron chi connectivity index (χ0n) is 13.0. The number of nitrogens with one attached hydrogen (secondary N) is 1. The van der Waals surface area contributed by atoms with Gasteiger partial charge in [-0.1, -0.05) is 37.6 Å². The largest absolute Gasteiger partial charge is 0.314 e. The highest BCUT2D eigenvalue weighted by molar-refractivity contribution is 5.33. The van der Waals surface area contributed by atoms with Crippen molar-refractivity contribution in [1.82, 2.24) is 10.2 Å².